The average molecular weight is 383 g/mol. The van der Waals surface area contributed by atoms with Gasteiger partial charge in [-0.1, -0.05) is 36.8 Å². The van der Waals surface area contributed by atoms with Crippen LogP contribution in [0.1, 0.15) is 31.7 Å². The Morgan fingerprint density at radius 1 is 1.15 bits per heavy atom. The topological polar surface area (TPSA) is 39.1 Å². The summed E-state index contributed by atoms with van der Waals surface area (Å²) in [6.07, 6.45) is 6.51. The molecule has 1 aromatic carbocycles. The minimum absolute atomic E-state index is 0.530. The number of benzene rings is 1. The minimum Gasteiger partial charge on any atom is -0.461 e. The van der Waals surface area contributed by atoms with E-state index < -0.39 is 0 Å². The number of nitrogens with zero attached hydrogens (tertiary/aromatic N) is 4. The van der Waals surface area contributed by atoms with Gasteiger partial charge < -0.3 is 4.42 Å². The van der Waals surface area contributed by atoms with E-state index in [1.807, 2.05) is 21.4 Å². The zero-order valence-corrected chi connectivity index (χ0v) is 16.6. The zero-order valence-electron chi connectivity index (χ0n) is 15.8. The molecule has 1 atom stereocenters. The van der Waals surface area contributed by atoms with Crippen molar-refractivity contribution in [1.82, 2.24) is 19.2 Å². The Morgan fingerprint density at radius 3 is 2.74 bits per heavy atom. The van der Waals surface area contributed by atoms with E-state index in [2.05, 4.69) is 42.2 Å². The molecule has 0 N–H and O–H groups in total. The molecule has 1 saturated heterocycles. The average Bonchev–Trinajstić information content (AvgIpc) is 3.33. The smallest absolute Gasteiger partial charge is 0.199 e. The molecule has 1 aliphatic rings. The van der Waals surface area contributed by atoms with Gasteiger partial charge in [-0.25, -0.2) is 4.68 Å². The fourth-order valence-corrected chi connectivity index (χ4v) is 4.26. The molecule has 3 heterocycles. The third-order valence-corrected chi connectivity index (χ3v) is 5.79. The van der Waals surface area contributed by atoms with E-state index in [1.54, 1.807) is 6.26 Å². The fraction of sp³-hybridized carbons (Fsp3) is 0.429. The van der Waals surface area contributed by atoms with Crippen LogP contribution in [0.3, 0.4) is 0 Å². The van der Waals surface area contributed by atoms with Crippen LogP contribution < -0.4 is 0 Å². The Morgan fingerprint density at radius 2 is 2.00 bits per heavy atom. The second kappa shape index (κ2) is 8.23. The maximum Gasteiger partial charge on any atom is 0.199 e. The third kappa shape index (κ3) is 3.92. The second-order valence-electron chi connectivity index (χ2n) is 7.12. The van der Waals surface area contributed by atoms with E-state index in [0.717, 1.165) is 42.5 Å². The van der Waals surface area contributed by atoms with E-state index in [9.17, 15) is 0 Å². The summed E-state index contributed by atoms with van der Waals surface area (Å²) in [5.41, 5.74) is 1.40. The van der Waals surface area contributed by atoms with Gasteiger partial charge in [0, 0.05) is 19.1 Å². The molecule has 0 saturated carbocycles. The van der Waals surface area contributed by atoms with Crippen molar-refractivity contribution in [3.8, 4) is 11.6 Å². The lowest BCUT2D eigenvalue weighted by molar-refractivity contribution is 0.103. The van der Waals surface area contributed by atoms with Crippen molar-refractivity contribution in [3.05, 3.63) is 59.1 Å². The number of hydrogen-bond donors (Lipinski definition) is 0. The highest BCUT2D eigenvalue weighted by molar-refractivity contribution is 7.71. The molecule has 0 bridgehead atoms. The highest BCUT2D eigenvalue weighted by Crippen LogP contribution is 2.23. The minimum atomic E-state index is 0.530. The predicted molar refractivity (Wildman–Crippen MR) is 109 cm³/mol. The molecule has 1 fully saturated rings. The number of piperidine rings is 1. The van der Waals surface area contributed by atoms with Crippen LogP contribution in [-0.2, 0) is 19.6 Å². The third-order valence-electron chi connectivity index (χ3n) is 5.36. The van der Waals surface area contributed by atoms with Crippen LogP contribution in [0, 0.1) is 4.77 Å². The summed E-state index contributed by atoms with van der Waals surface area (Å²) in [6, 6.07) is 15.1. The first kappa shape index (κ1) is 18.2. The summed E-state index contributed by atoms with van der Waals surface area (Å²) in [6.45, 7) is 4.70. The quantitative estimate of drug-likeness (QED) is 0.577. The van der Waals surface area contributed by atoms with Crippen molar-refractivity contribution >= 4 is 12.2 Å². The molecular weight excluding hydrogens is 356 g/mol. The largest absolute Gasteiger partial charge is 0.461 e. The van der Waals surface area contributed by atoms with Crippen molar-refractivity contribution in [2.75, 3.05) is 6.54 Å². The van der Waals surface area contributed by atoms with Crippen molar-refractivity contribution in [2.24, 2.45) is 0 Å². The van der Waals surface area contributed by atoms with Crippen molar-refractivity contribution in [2.45, 2.75) is 51.9 Å². The molecule has 27 heavy (non-hydrogen) atoms. The molecule has 1 unspecified atom stereocenters. The van der Waals surface area contributed by atoms with Gasteiger partial charge >= 0.3 is 0 Å². The molecule has 0 amide bonds. The zero-order chi connectivity index (χ0) is 18.6. The van der Waals surface area contributed by atoms with Crippen molar-refractivity contribution in [3.63, 3.8) is 0 Å². The monoisotopic (exact) mass is 382 g/mol. The normalized spacial score (nSPS) is 18.0. The standard InChI is InChI=1S/C21H26N4OS/c1-2-24-20(19-12-8-14-26-19)22-25(21(24)27)16-23-13-7-6-11-18(23)15-17-9-4-3-5-10-17/h3-5,8-10,12,14,18H,2,6-7,11,13,15-16H2,1H3. The van der Waals surface area contributed by atoms with Crippen LogP contribution in [0.25, 0.3) is 11.6 Å². The van der Waals surface area contributed by atoms with E-state index >= 15 is 0 Å². The number of rotatable bonds is 6. The van der Waals surface area contributed by atoms with Gasteiger partial charge in [-0.05, 0) is 56.1 Å². The summed E-state index contributed by atoms with van der Waals surface area (Å²) in [7, 11) is 0. The molecule has 6 heteroatoms. The summed E-state index contributed by atoms with van der Waals surface area (Å²) in [4.78, 5) is 2.53. The van der Waals surface area contributed by atoms with Crippen LogP contribution in [0.15, 0.2) is 53.1 Å². The summed E-state index contributed by atoms with van der Waals surface area (Å²) >= 11 is 5.72. The molecule has 1 aliphatic heterocycles. The molecule has 5 nitrogen and oxygen atoms in total. The maximum absolute atomic E-state index is 5.72. The molecule has 0 spiro atoms. The van der Waals surface area contributed by atoms with Gasteiger partial charge in [0.15, 0.2) is 16.4 Å². The Kier molecular flexibility index (Phi) is 5.55. The summed E-state index contributed by atoms with van der Waals surface area (Å²) in [5, 5.41) is 4.80. The van der Waals surface area contributed by atoms with Crippen LogP contribution >= 0.6 is 12.2 Å². The van der Waals surface area contributed by atoms with Crippen LogP contribution in [0.4, 0.5) is 0 Å². The van der Waals surface area contributed by atoms with E-state index in [0.29, 0.717) is 6.04 Å². The van der Waals surface area contributed by atoms with Gasteiger partial charge in [-0.15, -0.1) is 5.10 Å². The molecule has 0 radical (unpaired) electrons. The first-order valence-electron chi connectivity index (χ1n) is 9.75. The Hall–Kier alpha value is -2.18. The SMILES string of the molecule is CCn1c(-c2ccco2)nn(CN2CCCCC2Cc2ccccc2)c1=S. The number of likely N-dealkylation sites (tertiary alicyclic amines) is 1. The Labute approximate surface area is 165 Å². The molecular formula is C21H26N4OS. The first-order chi connectivity index (χ1) is 13.3. The number of aromatic nitrogens is 3. The van der Waals surface area contributed by atoms with Crippen LogP contribution in [0.2, 0.25) is 0 Å². The lowest BCUT2D eigenvalue weighted by Gasteiger charge is -2.35. The molecule has 3 aromatic rings. The fourth-order valence-electron chi connectivity index (χ4n) is 3.94. The Balaban J connectivity index is 1.57. The molecule has 4 rings (SSSR count). The Bertz CT molecular complexity index is 914. The lowest BCUT2D eigenvalue weighted by atomic mass is 9.96. The van der Waals surface area contributed by atoms with Gasteiger partial charge in [0.05, 0.1) is 12.9 Å². The van der Waals surface area contributed by atoms with Crippen molar-refractivity contribution < 1.29 is 4.42 Å². The van der Waals surface area contributed by atoms with Gasteiger partial charge in [0.1, 0.15) is 0 Å². The second-order valence-corrected chi connectivity index (χ2v) is 7.49. The van der Waals surface area contributed by atoms with Gasteiger partial charge in [0.2, 0.25) is 0 Å². The summed E-state index contributed by atoms with van der Waals surface area (Å²) in [5.74, 6) is 1.57. The van der Waals surface area contributed by atoms with Crippen LogP contribution in [0.5, 0.6) is 0 Å². The van der Waals surface area contributed by atoms with Gasteiger partial charge in [0.25, 0.3) is 0 Å². The first-order valence-corrected chi connectivity index (χ1v) is 10.2. The highest BCUT2D eigenvalue weighted by Gasteiger charge is 2.24. The molecule has 2 aromatic heterocycles. The maximum atomic E-state index is 5.72. The van der Waals surface area contributed by atoms with Crippen LogP contribution in [-0.4, -0.2) is 31.8 Å². The summed E-state index contributed by atoms with van der Waals surface area (Å²) < 4.78 is 10.3. The lowest BCUT2D eigenvalue weighted by Crippen LogP contribution is -2.42. The number of furan rings is 1. The molecule has 142 valence electrons. The molecule has 0 aliphatic carbocycles. The van der Waals surface area contributed by atoms with E-state index in [1.165, 1.54) is 24.8 Å². The van der Waals surface area contributed by atoms with Crippen molar-refractivity contribution in [1.29, 1.82) is 0 Å². The van der Waals surface area contributed by atoms with E-state index in [-0.39, 0.29) is 0 Å². The highest BCUT2D eigenvalue weighted by atomic mass is 32.1. The number of hydrogen-bond acceptors (Lipinski definition) is 4. The van der Waals surface area contributed by atoms with Gasteiger partial charge in [-0.2, -0.15) is 0 Å². The van der Waals surface area contributed by atoms with E-state index in [4.69, 9.17) is 21.7 Å². The van der Waals surface area contributed by atoms with Gasteiger partial charge in [-0.3, -0.25) is 9.47 Å². The predicted octanol–water partition coefficient (Wildman–Crippen LogP) is 4.75.